The molecular weight excluding hydrogens is 393 g/mol. The van der Waals surface area contributed by atoms with Crippen molar-refractivity contribution in [3.05, 3.63) is 57.9 Å². The van der Waals surface area contributed by atoms with E-state index in [0.29, 0.717) is 31.2 Å². The Kier molecular flexibility index (Phi) is 4.72. The number of amides is 2. The van der Waals surface area contributed by atoms with Gasteiger partial charge in [0.2, 0.25) is 0 Å². The van der Waals surface area contributed by atoms with Crippen molar-refractivity contribution in [1.29, 1.82) is 0 Å². The van der Waals surface area contributed by atoms with E-state index >= 15 is 0 Å². The van der Waals surface area contributed by atoms with Gasteiger partial charge < -0.3 is 9.64 Å². The van der Waals surface area contributed by atoms with Gasteiger partial charge in [-0.15, -0.1) is 11.3 Å². The van der Waals surface area contributed by atoms with Gasteiger partial charge in [-0.3, -0.25) is 9.59 Å². The Morgan fingerprint density at radius 3 is 2.21 bits per heavy atom. The van der Waals surface area contributed by atoms with Gasteiger partial charge in [-0.25, -0.2) is 4.90 Å². The number of thiophene rings is 1. The molecule has 2 aliphatic rings. The molecule has 0 bridgehead atoms. The molecule has 9 heteroatoms. The quantitative estimate of drug-likeness (QED) is 0.731. The van der Waals surface area contributed by atoms with E-state index in [1.165, 1.54) is 11.3 Å². The summed E-state index contributed by atoms with van der Waals surface area (Å²) in [5, 5.41) is 1.80. The summed E-state index contributed by atoms with van der Waals surface area (Å²) >= 11 is 1.33. The summed E-state index contributed by atoms with van der Waals surface area (Å²) < 4.78 is 43.8. The average molecular weight is 408 g/mol. The van der Waals surface area contributed by atoms with Gasteiger partial charge >= 0.3 is 6.18 Å². The molecule has 1 aromatic carbocycles. The van der Waals surface area contributed by atoms with E-state index in [0.717, 1.165) is 29.2 Å². The Balaban J connectivity index is 1.74. The lowest BCUT2D eigenvalue weighted by atomic mass is 10.1. The molecule has 2 aromatic rings. The first-order valence-electron chi connectivity index (χ1n) is 8.55. The van der Waals surface area contributed by atoms with Crippen molar-refractivity contribution in [3.63, 3.8) is 0 Å². The average Bonchev–Trinajstić information content (AvgIpc) is 3.28. The van der Waals surface area contributed by atoms with Crippen LogP contribution in [-0.2, 0) is 20.5 Å². The van der Waals surface area contributed by atoms with Crippen molar-refractivity contribution in [3.8, 4) is 0 Å². The zero-order chi connectivity index (χ0) is 19.9. The Labute approximate surface area is 162 Å². The molecule has 0 aliphatic carbocycles. The monoisotopic (exact) mass is 408 g/mol. The second-order valence-corrected chi connectivity index (χ2v) is 7.24. The number of hydrogen-bond acceptors (Lipinski definition) is 5. The summed E-state index contributed by atoms with van der Waals surface area (Å²) in [5.41, 5.74) is -0.173. The van der Waals surface area contributed by atoms with Crippen molar-refractivity contribution < 1.29 is 27.5 Å². The normalized spacial score (nSPS) is 18.4. The predicted molar refractivity (Wildman–Crippen MR) is 97.6 cm³/mol. The van der Waals surface area contributed by atoms with Crippen molar-refractivity contribution in [1.82, 2.24) is 4.90 Å². The number of alkyl halides is 3. The summed E-state index contributed by atoms with van der Waals surface area (Å²) in [6, 6.07) is 7.56. The maximum absolute atomic E-state index is 13.2. The number of carbonyl (C=O) groups excluding carboxylic acids is 2. The summed E-state index contributed by atoms with van der Waals surface area (Å²) in [4.78, 5) is 29.7. The van der Waals surface area contributed by atoms with Crippen molar-refractivity contribution in [2.75, 3.05) is 31.2 Å². The first-order valence-corrected chi connectivity index (χ1v) is 9.43. The molecule has 0 radical (unpaired) electrons. The van der Waals surface area contributed by atoms with Crippen LogP contribution in [0.3, 0.4) is 0 Å². The molecule has 28 heavy (non-hydrogen) atoms. The smallest absolute Gasteiger partial charge is 0.378 e. The van der Waals surface area contributed by atoms with E-state index in [2.05, 4.69) is 0 Å². The number of carbonyl (C=O) groups is 2. The van der Waals surface area contributed by atoms with Crippen LogP contribution in [0.1, 0.15) is 10.4 Å². The van der Waals surface area contributed by atoms with Crippen LogP contribution in [0.25, 0.3) is 5.57 Å². The number of benzene rings is 1. The minimum absolute atomic E-state index is 0.111. The van der Waals surface area contributed by atoms with Gasteiger partial charge in [0.1, 0.15) is 5.70 Å². The molecule has 0 N–H and O–H groups in total. The van der Waals surface area contributed by atoms with E-state index in [9.17, 15) is 22.8 Å². The van der Waals surface area contributed by atoms with Gasteiger partial charge in [-0.2, -0.15) is 13.2 Å². The Morgan fingerprint density at radius 1 is 0.964 bits per heavy atom. The van der Waals surface area contributed by atoms with E-state index in [4.69, 9.17) is 4.74 Å². The Bertz CT molecular complexity index is 930. The molecular formula is C19H15F3N2O3S. The number of imide groups is 1. The van der Waals surface area contributed by atoms with Crippen molar-refractivity contribution in [2.24, 2.45) is 0 Å². The second kappa shape index (κ2) is 7.06. The molecule has 0 saturated carbocycles. The molecule has 3 heterocycles. The molecule has 0 unspecified atom stereocenters. The fourth-order valence-electron chi connectivity index (χ4n) is 3.28. The summed E-state index contributed by atoms with van der Waals surface area (Å²) in [7, 11) is 0. The lowest BCUT2D eigenvalue weighted by Crippen LogP contribution is -2.40. The van der Waals surface area contributed by atoms with Gasteiger partial charge in [0, 0.05) is 18.0 Å². The highest BCUT2D eigenvalue weighted by molar-refractivity contribution is 7.11. The molecule has 1 saturated heterocycles. The molecule has 146 valence electrons. The largest absolute Gasteiger partial charge is 0.416 e. The molecule has 0 spiro atoms. The third-order valence-electron chi connectivity index (χ3n) is 4.61. The topological polar surface area (TPSA) is 49.9 Å². The molecule has 4 rings (SSSR count). The number of anilines is 1. The van der Waals surface area contributed by atoms with E-state index in [-0.39, 0.29) is 17.0 Å². The first-order chi connectivity index (χ1) is 13.4. The maximum Gasteiger partial charge on any atom is 0.416 e. The fraction of sp³-hybridized carbons (Fsp3) is 0.263. The lowest BCUT2D eigenvalue weighted by molar-refractivity contribution is -0.137. The third kappa shape index (κ3) is 3.20. The first kappa shape index (κ1) is 18.7. The summed E-state index contributed by atoms with van der Waals surface area (Å²) in [6.07, 6.45) is -4.49. The fourth-order valence-corrected chi connectivity index (χ4v) is 4.04. The van der Waals surface area contributed by atoms with Crippen LogP contribution in [0.15, 0.2) is 47.5 Å². The highest BCUT2D eigenvalue weighted by atomic mass is 32.1. The number of halogens is 3. The van der Waals surface area contributed by atoms with E-state index in [1.807, 2.05) is 4.90 Å². The Morgan fingerprint density at radius 2 is 1.64 bits per heavy atom. The van der Waals surface area contributed by atoms with Gasteiger partial charge in [-0.05, 0) is 35.7 Å². The van der Waals surface area contributed by atoms with Crippen molar-refractivity contribution in [2.45, 2.75) is 6.18 Å². The van der Waals surface area contributed by atoms with Crippen LogP contribution < -0.4 is 4.90 Å². The van der Waals surface area contributed by atoms with Crippen LogP contribution in [-0.4, -0.2) is 43.0 Å². The molecule has 2 amide bonds. The molecule has 5 nitrogen and oxygen atoms in total. The van der Waals surface area contributed by atoms with Gasteiger partial charge in [0.05, 0.1) is 30.0 Å². The number of nitrogens with zero attached hydrogens (tertiary/aromatic N) is 2. The molecule has 1 fully saturated rings. The van der Waals surface area contributed by atoms with Gasteiger partial charge in [0.25, 0.3) is 11.8 Å². The molecule has 0 atom stereocenters. The minimum Gasteiger partial charge on any atom is -0.378 e. The van der Waals surface area contributed by atoms with Crippen LogP contribution in [0.5, 0.6) is 0 Å². The number of hydrogen-bond donors (Lipinski definition) is 0. The standard InChI is InChI=1S/C19H15F3N2O3S/c20-19(21,22)12-3-5-13(6-4-12)24-17(25)15(14-2-1-11-28-14)16(18(24)26)23-7-9-27-10-8-23/h1-6,11H,7-10H2. The van der Waals surface area contributed by atoms with Gasteiger partial charge in [0.15, 0.2) is 0 Å². The van der Waals surface area contributed by atoms with E-state index in [1.54, 1.807) is 17.5 Å². The van der Waals surface area contributed by atoms with Crippen LogP contribution in [0, 0.1) is 0 Å². The van der Waals surface area contributed by atoms with Gasteiger partial charge in [-0.1, -0.05) is 6.07 Å². The zero-order valence-corrected chi connectivity index (χ0v) is 15.3. The molecule has 2 aliphatic heterocycles. The second-order valence-electron chi connectivity index (χ2n) is 6.29. The molecule has 1 aromatic heterocycles. The highest BCUT2D eigenvalue weighted by Gasteiger charge is 2.43. The SMILES string of the molecule is O=C1C(c2cccs2)=C(N2CCOCC2)C(=O)N1c1ccc(C(F)(F)F)cc1. The lowest BCUT2D eigenvalue weighted by Gasteiger charge is -2.29. The summed E-state index contributed by atoms with van der Waals surface area (Å²) in [6.45, 7) is 1.79. The number of rotatable bonds is 3. The van der Waals surface area contributed by atoms with Crippen molar-refractivity contribution >= 4 is 34.4 Å². The van der Waals surface area contributed by atoms with Crippen LogP contribution >= 0.6 is 11.3 Å². The number of ether oxygens (including phenoxy) is 1. The maximum atomic E-state index is 13.2. The minimum atomic E-state index is -4.49. The highest BCUT2D eigenvalue weighted by Crippen LogP contribution is 2.37. The zero-order valence-electron chi connectivity index (χ0n) is 14.5. The van der Waals surface area contributed by atoms with E-state index < -0.39 is 23.6 Å². The Hall–Kier alpha value is -2.65. The summed E-state index contributed by atoms with van der Waals surface area (Å²) in [5.74, 6) is -1.07. The predicted octanol–water partition coefficient (Wildman–Crippen LogP) is 3.38. The number of morpholine rings is 1. The van der Waals surface area contributed by atoms with Crippen LogP contribution in [0.4, 0.5) is 18.9 Å². The third-order valence-corrected chi connectivity index (χ3v) is 5.49. The van der Waals surface area contributed by atoms with Crippen LogP contribution in [0.2, 0.25) is 0 Å².